The van der Waals surface area contributed by atoms with Gasteiger partial charge in [0, 0.05) is 18.3 Å². The first-order valence-corrected chi connectivity index (χ1v) is 6.31. The predicted molar refractivity (Wildman–Crippen MR) is 72.4 cm³/mol. The Hall–Kier alpha value is -1.99. The number of aliphatic hydroxyl groups is 1. The van der Waals surface area contributed by atoms with Gasteiger partial charge in [-0.2, -0.15) is 0 Å². The normalized spacial score (nSPS) is 11.3. The number of aromatic amines is 1. The van der Waals surface area contributed by atoms with Gasteiger partial charge in [0.1, 0.15) is 11.6 Å². The van der Waals surface area contributed by atoms with E-state index in [1.165, 1.54) is 6.33 Å². The zero-order valence-corrected chi connectivity index (χ0v) is 15.2. The molecule has 0 bridgehead atoms. The summed E-state index contributed by atoms with van der Waals surface area (Å²) in [6.07, 6.45) is 0.922. The van der Waals surface area contributed by atoms with Gasteiger partial charge in [-0.3, -0.25) is 14.4 Å². The Balaban J connectivity index is 0. The van der Waals surface area contributed by atoms with Crippen LogP contribution in [0.25, 0.3) is 0 Å². The molecule has 0 saturated carbocycles. The summed E-state index contributed by atoms with van der Waals surface area (Å²) < 4.78 is 0. The van der Waals surface area contributed by atoms with Crippen molar-refractivity contribution in [2.75, 3.05) is 0 Å². The summed E-state index contributed by atoms with van der Waals surface area (Å²) >= 11 is 0. The van der Waals surface area contributed by atoms with Crippen molar-refractivity contribution < 1.29 is 74.3 Å². The van der Waals surface area contributed by atoms with Crippen molar-refractivity contribution >= 4 is 23.9 Å². The zero-order valence-electron chi connectivity index (χ0n) is 13.2. The second-order valence-electron chi connectivity index (χ2n) is 4.69. The fraction of sp³-hybridized carbons (Fsp3) is 0.417. The van der Waals surface area contributed by atoms with Gasteiger partial charge in [-0.1, -0.05) is 0 Å². The summed E-state index contributed by atoms with van der Waals surface area (Å²) in [5.41, 5.74) is 3.15. The van der Waals surface area contributed by atoms with E-state index in [4.69, 9.17) is 26.2 Å². The third kappa shape index (κ3) is 10.5. The van der Waals surface area contributed by atoms with Crippen molar-refractivity contribution in [1.29, 1.82) is 0 Å². The van der Waals surface area contributed by atoms with Crippen LogP contribution in [0.3, 0.4) is 0 Å². The predicted octanol–water partition coefficient (Wildman–Crippen LogP) is -6.22. The molecular formula is C12H16N3NaO9. The molecule has 1 rings (SSSR count). The molecule has 0 aliphatic heterocycles. The molecular weight excluding hydrogens is 353 g/mol. The number of carboxylic acids is 4. The number of carboxylic acid groups (broad SMARTS) is 4. The standard InChI is InChI=1S/C6H9N3O2.C6H8O7.Na/c7-5(6(10)11)1-4-2-8-3-9-4;7-3(8)1-6(13,5(11)12)2-4(9)10;/h2-3,5H,1,7H2,(H,8,9)(H,10,11);13H,1-2H2,(H,7,8)(H,9,10)(H,11,12);/q;;+1/p-1. The van der Waals surface area contributed by atoms with Crippen molar-refractivity contribution in [3.05, 3.63) is 18.2 Å². The largest absolute Gasteiger partial charge is 1.00 e. The number of aromatic nitrogens is 2. The Kier molecular flexibility index (Phi) is 11.7. The van der Waals surface area contributed by atoms with Crippen molar-refractivity contribution in [3.8, 4) is 0 Å². The SMILES string of the molecule is NC(Cc1cnc[nH]1)C(=O)O.O=C(O)CC(O)(CC(=O)O)C(=O)[O-].[Na+]. The first-order valence-electron chi connectivity index (χ1n) is 6.31. The van der Waals surface area contributed by atoms with Crippen LogP contribution in [0.1, 0.15) is 18.5 Å². The average molecular weight is 369 g/mol. The van der Waals surface area contributed by atoms with E-state index < -0.39 is 48.4 Å². The number of rotatable bonds is 8. The summed E-state index contributed by atoms with van der Waals surface area (Å²) in [6, 6.07) is -0.851. The molecule has 0 aliphatic rings. The molecule has 0 aliphatic carbocycles. The van der Waals surface area contributed by atoms with E-state index in [2.05, 4.69) is 9.97 Å². The second-order valence-corrected chi connectivity index (χ2v) is 4.69. The van der Waals surface area contributed by atoms with E-state index in [1.54, 1.807) is 6.20 Å². The van der Waals surface area contributed by atoms with Crippen LogP contribution in [0, 0.1) is 0 Å². The Morgan fingerprint density at radius 3 is 1.96 bits per heavy atom. The quantitative estimate of drug-likeness (QED) is 0.236. The van der Waals surface area contributed by atoms with E-state index in [0.717, 1.165) is 5.69 Å². The van der Waals surface area contributed by atoms with Crippen LogP contribution in [0.2, 0.25) is 0 Å². The molecule has 0 spiro atoms. The zero-order chi connectivity index (χ0) is 18.9. The molecule has 1 aromatic heterocycles. The van der Waals surface area contributed by atoms with Crippen LogP contribution in [0.4, 0.5) is 0 Å². The number of nitrogens with one attached hydrogen (secondary N) is 1. The van der Waals surface area contributed by atoms with E-state index in [1.807, 2.05) is 0 Å². The summed E-state index contributed by atoms with van der Waals surface area (Å²) in [5, 5.41) is 44.0. The number of hydrogen-bond acceptors (Lipinski definition) is 8. The number of carbonyl (C=O) groups excluding carboxylic acids is 1. The smallest absolute Gasteiger partial charge is 0.547 e. The Bertz CT molecular complexity index is 575. The van der Waals surface area contributed by atoms with Crippen LogP contribution in [0.15, 0.2) is 12.5 Å². The van der Waals surface area contributed by atoms with Crippen LogP contribution in [-0.2, 0) is 25.6 Å². The number of nitrogens with two attached hydrogens (primary N) is 1. The molecule has 12 nitrogen and oxygen atoms in total. The van der Waals surface area contributed by atoms with Crippen molar-refractivity contribution in [3.63, 3.8) is 0 Å². The topological polar surface area (TPSA) is 227 Å². The average Bonchev–Trinajstić information content (AvgIpc) is 2.90. The number of carbonyl (C=O) groups is 4. The molecule has 1 heterocycles. The summed E-state index contributed by atoms with van der Waals surface area (Å²) in [7, 11) is 0. The minimum absolute atomic E-state index is 0. The Morgan fingerprint density at radius 1 is 1.20 bits per heavy atom. The van der Waals surface area contributed by atoms with Gasteiger partial charge in [0.25, 0.3) is 0 Å². The molecule has 0 aromatic carbocycles. The molecule has 0 fully saturated rings. The van der Waals surface area contributed by atoms with E-state index in [0.29, 0.717) is 0 Å². The number of aliphatic carboxylic acids is 4. The maximum atomic E-state index is 10.3. The Labute approximate surface area is 163 Å². The van der Waals surface area contributed by atoms with Crippen molar-refractivity contribution in [1.82, 2.24) is 9.97 Å². The monoisotopic (exact) mass is 369 g/mol. The van der Waals surface area contributed by atoms with Gasteiger partial charge in [0.2, 0.25) is 0 Å². The molecule has 0 saturated heterocycles. The molecule has 1 unspecified atom stereocenters. The third-order valence-corrected chi connectivity index (χ3v) is 2.58. The van der Waals surface area contributed by atoms with Crippen LogP contribution < -0.4 is 40.4 Å². The van der Waals surface area contributed by atoms with Gasteiger partial charge in [0.05, 0.1) is 25.1 Å². The van der Waals surface area contributed by atoms with E-state index >= 15 is 0 Å². The maximum absolute atomic E-state index is 10.3. The first kappa shape index (κ1) is 25.3. The Morgan fingerprint density at radius 2 is 1.68 bits per heavy atom. The van der Waals surface area contributed by atoms with Gasteiger partial charge in [-0.15, -0.1) is 0 Å². The van der Waals surface area contributed by atoms with E-state index in [-0.39, 0.29) is 36.0 Å². The van der Waals surface area contributed by atoms with Gasteiger partial charge in [0.15, 0.2) is 0 Å². The number of H-pyrrole nitrogens is 1. The number of hydrogen-bond donors (Lipinski definition) is 6. The third-order valence-electron chi connectivity index (χ3n) is 2.58. The fourth-order valence-corrected chi connectivity index (χ4v) is 1.43. The molecule has 134 valence electrons. The van der Waals surface area contributed by atoms with Crippen LogP contribution in [0.5, 0.6) is 0 Å². The van der Waals surface area contributed by atoms with Gasteiger partial charge in [-0.05, 0) is 0 Å². The van der Waals surface area contributed by atoms with Crippen LogP contribution >= 0.6 is 0 Å². The fourth-order valence-electron chi connectivity index (χ4n) is 1.43. The van der Waals surface area contributed by atoms with Crippen LogP contribution in [-0.4, -0.2) is 65.9 Å². The van der Waals surface area contributed by atoms with E-state index in [9.17, 15) is 24.3 Å². The first-order chi connectivity index (χ1) is 11.0. The number of nitrogens with zero attached hydrogens (tertiary/aromatic N) is 1. The molecule has 0 radical (unpaired) electrons. The maximum Gasteiger partial charge on any atom is 1.00 e. The van der Waals surface area contributed by atoms with Gasteiger partial charge in [-0.25, -0.2) is 4.98 Å². The van der Waals surface area contributed by atoms with Crippen molar-refractivity contribution in [2.45, 2.75) is 30.9 Å². The summed E-state index contributed by atoms with van der Waals surface area (Å²) in [6.45, 7) is 0. The summed E-state index contributed by atoms with van der Waals surface area (Å²) in [5.74, 6) is -6.35. The summed E-state index contributed by atoms with van der Waals surface area (Å²) in [4.78, 5) is 47.1. The minimum Gasteiger partial charge on any atom is -0.547 e. The van der Waals surface area contributed by atoms with Gasteiger partial charge < -0.3 is 41.0 Å². The van der Waals surface area contributed by atoms with Crippen molar-refractivity contribution in [2.24, 2.45) is 5.73 Å². The molecule has 7 N–H and O–H groups in total. The molecule has 25 heavy (non-hydrogen) atoms. The van der Waals surface area contributed by atoms with Gasteiger partial charge >= 0.3 is 47.5 Å². The molecule has 1 atom stereocenters. The number of imidazole rings is 1. The second kappa shape index (κ2) is 11.5. The molecule has 0 amide bonds. The molecule has 13 heteroatoms. The minimum atomic E-state index is -2.85. The molecule has 1 aromatic rings.